The van der Waals surface area contributed by atoms with Crippen molar-refractivity contribution in [1.82, 2.24) is 10.2 Å². The van der Waals surface area contributed by atoms with Gasteiger partial charge in [-0.1, -0.05) is 85.6 Å². The van der Waals surface area contributed by atoms with Crippen molar-refractivity contribution < 1.29 is 14.3 Å². The van der Waals surface area contributed by atoms with Crippen molar-refractivity contribution in [2.24, 2.45) is 0 Å². The Morgan fingerprint density at radius 2 is 1.51 bits per heavy atom. The molecule has 1 unspecified atom stereocenters. The maximum absolute atomic E-state index is 13.7. The van der Waals surface area contributed by atoms with E-state index in [4.69, 9.17) is 4.74 Å². The van der Waals surface area contributed by atoms with Gasteiger partial charge in [0.05, 0.1) is 12.9 Å². The van der Waals surface area contributed by atoms with E-state index in [0.717, 1.165) is 48.1 Å². The lowest BCUT2D eigenvalue weighted by molar-refractivity contribution is -0.139. The van der Waals surface area contributed by atoms with Crippen molar-refractivity contribution in [2.45, 2.75) is 56.5 Å². The molecule has 1 aliphatic carbocycles. The third-order valence-electron chi connectivity index (χ3n) is 6.82. The molecule has 1 saturated carbocycles. The number of benzene rings is 3. The standard InChI is InChI=1S/C31H36N2O3S/c1-36-28-18-16-26(17-19-28)22-37-23-30(34)33(21-25-12-6-3-7-13-25)29(20-24-10-4-2-5-11-24)31(35)32-27-14-8-9-15-27/h2-7,10-13,16-19,27,29H,8-9,14-15,20-23H2,1H3,(H,32,35). The van der Waals surface area contributed by atoms with Gasteiger partial charge in [0.15, 0.2) is 0 Å². The topological polar surface area (TPSA) is 58.6 Å². The molecular weight excluding hydrogens is 480 g/mol. The summed E-state index contributed by atoms with van der Waals surface area (Å²) in [4.78, 5) is 29.2. The van der Waals surface area contributed by atoms with E-state index in [9.17, 15) is 9.59 Å². The Labute approximate surface area is 224 Å². The zero-order valence-corrected chi connectivity index (χ0v) is 22.3. The van der Waals surface area contributed by atoms with Gasteiger partial charge in [-0.25, -0.2) is 0 Å². The number of carbonyl (C=O) groups excluding carboxylic acids is 2. The predicted octanol–water partition coefficient (Wildman–Crippen LogP) is 5.63. The number of hydrogen-bond donors (Lipinski definition) is 1. The Balaban J connectivity index is 1.52. The van der Waals surface area contributed by atoms with Gasteiger partial charge in [-0.3, -0.25) is 9.59 Å². The molecule has 0 aliphatic heterocycles. The number of carbonyl (C=O) groups is 2. The van der Waals surface area contributed by atoms with Crippen molar-refractivity contribution in [2.75, 3.05) is 12.9 Å². The number of rotatable bonds is 12. The molecule has 0 heterocycles. The van der Waals surface area contributed by atoms with Crippen LogP contribution in [0.2, 0.25) is 0 Å². The maximum atomic E-state index is 13.7. The average Bonchev–Trinajstić information content (AvgIpc) is 3.45. The minimum atomic E-state index is -0.572. The van der Waals surface area contributed by atoms with Gasteiger partial charge in [-0.15, -0.1) is 11.8 Å². The van der Waals surface area contributed by atoms with Crippen LogP contribution in [0.3, 0.4) is 0 Å². The van der Waals surface area contributed by atoms with Crippen molar-refractivity contribution in [3.8, 4) is 5.75 Å². The number of amides is 2. The van der Waals surface area contributed by atoms with Crippen molar-refractivity contribution in [3.63, 3.8) is 0 Å². The average molecular weight is 517 g/mol. The van der Waals surface area contributed by atoms with Crippen molar-refractivity contribution >= 4 is 23.6 Å². The van der Waals surface area contributed by atoms with Gasteiger partial charge in [-0.05, 0) is 41.7 Å². The van der Waals surface area contributed by atoms with E-state index in [-0.39, 0.29) is 17.9 Å². The third-order valence-corrected chi connectivity index (χ3v) is 7.81. The molecule has 1 N–H and O–H groups in total. The fourth-order valence-electron chi connectivity index (χ4n) is 4.76. The van der Waals surface area contributed by atoms with Crippen LogP contribution < -0.4 is 10.1 Å². The Bertz CT molecular complexity index is 1120. The van der Waals surface area contributed by atoms with Gasteiger partial charge >= 0.3 is 0 Å². The second kappa shape index (κ2) is 13.9. The first kappa shape index (κ1) is 26.8. The number of ether oxygens (including phenoxy) is 1. The second-order valence-corrected chi connectivity index (χ2v) is 10.5. The molecule has 6 heteroatoms. The molecule has 1 atom stereocenters. The Morgan fingerprint density at radius 1 is 0.892 bits per heavy atom. The lowest BCUT2D eigenvalue weighted by Gasteiger charge is -2.32. The summed E-state index contributed by atoms with van der Waals surface area (Å²) in [5.41, 5.74) is 3.20. The van der Waals surface area contributed by atoms with Crippen molar-refractivity contribution in [1.29, 1.82) is 0 Å². The SMILES string of the molecule is COc1ccc(CSCC(=O)N(Cc2ccccc2)C(Cc2ccccc2)C(=O)NC2CCCC2)cc1. The minimum absolute atomic E-state index is 0.0233. The number of nitrogens with zero attached hydrogens (tertiary/aromatic N) is 1. The largest absolute Gasteiger partial charge is 0.497 e. The number of hydrogen-bond acceptors (Lipinski definition) is 4. The third kappa shape index (κ3) is 8.12. The van der Waals surface area contributed by atoms with Gasteiger partial charge in [0.25, 0.3) is 0 Å². The summed E-state index contributed by atoms with van der Waals surface area (Å²) in [5, 5.41) is 3.26. The lowest BCUT2D eigenvalue weighted by atomic mass is 10.0. The predicted molar refractivity (Wildman–Crippen MR) is 150 cm³/mol. The molecule has 194 valence electrons. The van der Waals surface area contributed by atoms with Crippen LogP contribution in [0.4, 0.5) is 0 Å². The van der Waals surface area contributed by atoms with E-state index in [0.29, 0.717) is 24.5 Å². The van der Waals surface area contributed by atoms with Crippen LogP contribution in [0, 0.1) is 0 Å². The normalized spacial score (nSPS) is 14.2. The molecule has 4 rings (SSSR count). The molecule has 1 aliphatic rings. The highest BCUT2D eigenvalue weighted by atomic mass is 32.2. The highest BCUT2D eigenvalue weighted by molar-refractivity contribution is 7.99. The minimum Gasteiger partial charge on any atom is -0.497 e. The summed E-state index contributed by atoms with van der Waals surface area (Å²) in [5.74, 6) is 1.76. The zero-order valence-electron chi connectivity index (χ0n) is 21.5. The molecule has 1 fully saturated rings. The monoisotopic (exact) mass is 516 g/mol. The quantitative estimate of drug-likeness (QED) is 0.339. The van der Waals surface area contributed by atoms with Gasteiger partial charge in [0, 0.05) is 24.8 Å². The van der Waals surface area contributed by atoms with Gasteiger partial charge in [0.1, 0.15) is 11.8 Å². The molecule has 0 saturated heterocycles. The van der Waals surface area contributed by atoms with Crippen LogP contribution in [0.1, 0.15) is 42.4 Å². The number of thioether (sulfide) groups is 1. The Kier molecular flexibility index (Phi) is 10.1. The van der Waals surface area contributed by atoms with Crippen LogP contribution in [0.15, 0.2) is 84.9 Å². The van der Waals surface area contributed by atoms with Crippen LogP contribution in [-0.4, -0.2) is 41.7 Å². The summed E-state index contributed by atoms with van der Waals surface area (Å²) in [7, 11) is 1.65. The second-order valence-electron chi connectivity index (χ2n) is 9.54. The molecule has 0 radical (unpaired) electrons. The summed E-state index contributed by atoms with van der Waals surface area (Å²) < 4.78 is 5.24. The molecule has 0 bridgehead atoms. The van der Waals surface area contributed by atoms with Crippen LogP contribution in [0.25, 0.3) is 0 Å². The first-order valence-electron chi connectivity index (χ1n) is 13.0. The summed E-state index contributed by atoms with van der Waals surface area (Å²) in [6, 6.07) is 27.5. The molecular formula is C31H36N2O3S. The van der Waals surface area contributed by atoms with Crippen molar-refractivity contribution in [3.05, 3.63) is 102 Å². The summed E-state index contributed by atoms with van der Waals surface area (Å²) in [6.07, 6.45) is 4.79. The van der Waals surface area contributed by atoms with Gasteiger partial charge < -0.3 is 15.0 Å². The first-order chi connectivity index (χ1) is 18.1. The van der Waals surface area contributed by atoms with Gasteiger partial charge in [-0.2, -0.15) is 0 Å². The lowest BCUT2D eigenvalue weighted by Crippen LogP contribution is -2.52. The van der Waals surface area contributed by atoms with E-state index >= 15 is 0 Å². The molecule has 0 spiro atoms. The van der Waals surface area contributed by atoms with Gasteiger partial charge in [0.2, 0.25) is 11.8 Å². The Morgan fingerprint density at radius 3 is 2.14 bits per heavy atom. The molecule has 5 nitrogen and oxygen atoms in total. The van der Waals surface area contributed by atoms with E-state index in [1.807, 2.05) is 84.9 Å². The number of methoxy groups -OCH3 is 1. The van der Waals surface area contributed by atoms with Crippen LogP contribution in [0.5, 0.6) is 5.75 Å². The smallest absolute Gasteiger partial charge is 0.243 e. The maximum Gasteiger partial charge on any atom is 0.243 e. The van der Waals surface area contributed by atoms with E-state index in [2.05, 4.69) is 5.32 Å². The fraction of sp³-hybridized carbons (Fsp3) is 0.355. The van der Waals surface area contributed by atoms with E-state index in [1.54, 1.807) is 23.8 Å². The van der Waals surface area contributed by atoms with E-state index < -0.39 is 6.04 Å². The van der Waals surface area contributed by atoms with E-state index in [1.165, 1.54) is 0 Å². The Hall–Kier alpha value is -3.25. The molecule has 37 heavy (non-hydrogen) atoms. The highest BCUT2D eigenvalue weighted by Crippen LogP contribution is 2.22. The molecule has 3 aromatic carbocycles. The zero-order chi connectivity index (χ0) is 25.9. The molecule has 2 amide bonds. The van der Waals surface area contributed by atoms with Crippen LogP contribution >= 0.6 is 11.8 Å². The fourth-order valence-corrected chi connectivity index (χ4v) is 5.63. The first-order valence-corrected chi connectivity index (χ1v) is 14.2. The number of nitrogens with one attached hydrogen (secondary N) is 1. The van der Waals surface area contributed by atoms with Crippen LogP contribution in [-0.2, 0) is 28.3 Å². The molecule has 0 aromatic heterocycles. The summed E-state index contributed by atoms with van der Waals surface area (Å²) in [6.45, 7) is 0.401. The summed E-state index contributed by atoms with van der Waals surface area (Å²) >= 11 is 1.57. The highest BCUT2D eigenvalue weighted by Gasteiger charge is 2.32. The molecule has 3 aromatic rings.